The topological polar surface area (TPSA) is 12.5 Å². The molecule has 2 heteroatoms. The van der Waals surface area contributed by atoms with Gasteiger partial charge in [0.25, 0.3) is 0 Å². The minimum Gasteiger partial charge on any atom is -0.457 e. The van der Waals surface area contributed by atoms with E-state index in [0.717, 1.165) is 39.7 Å². The first kappa shape index (κ1) is 33.0. The second-order valence-electron chi connectivity index (χ2n) is 14.9. The number of para-hydroxylation sites is 2. The number of nitrogens with zero attached hydrogens (tertiary/aromatic N) is 1. The summed E-state index contributed by atoms with van der Waals surface area (Å²) >= 11 is 0. The molecule has 0 unspecified atom stereocenters. The number of benzene rings is 9. The minimum atomic E-state index is -0.707. The van der Waals surface area contributed by atoms with Gasteiger partial charge in [0.2, 0.25) is 0 Å². The minimum absolute atomic E-state index is 0.707. The first-order valence-corrected chi connectivity index (χ1v) is 19.6. The van der Waals surface area contributed by atoms with Crippen molar-refractivity contribution in [2.24, 2.45) is 0 Å². The SMILES string of the molecule is c1ccc(-c2cc(-c3ccccc3)cc(N3c4ccc(-c5ccccc5)cc4C4(c5ccccc5Oc5ccccc54)c4cc(-c5ccccc5)ccc43)c2)cc1. The number of hydrogen-bond acceptors (Lipinski definition) is 2. The van der Waals surface area contributed by atoms with E-state index in [-0.39, 0.29) is 0 Å². The summed E-state index contributed by atoms with van der Waals surface area (Å²) in [5.41, 5.74) is 16.7. The second kappa shape index (κ2) is 13.4. The van der Waals surface area contributed by atoms with Gasteiger partial charge >= 0.3 is 0 Å². The van der Waals surface area contributed by atoms with Gasteiger partial charge in [0.1, 0.15) is 11.5 Å². The second-order valence-corrected chi connectivity index (χ2v) is 14.9. The Bertz CT molecular complexity index is 2720. The van der Waals surface area contributed by atoms with Gasteiger partial charge < -0.3 is 9.64 Å². The van der Waals surface area contributed by atoms with Crippen LogP contribution in [-0.2, 0) is 5.41 Å². The quantitative estimate of drug-likeness (QED) is 0.175. The van der Waals surface area contributed by atoms with Crippen LogP contribution >= 0.6 is 0 Å². The van der Waals surface area contributed by atoms with Crippen LogP contribution in [0.1, 0.15) is 22.3 Å². The van der Waals surface area contributed by atoms with Crippen LogP contribution < -0.4 is 9.64 Å². The van der Waals surface area contributed by atoms with E-state index in [2.05, 4.69) is 229 Å². The largest absolute Gasteiger partial charge is 0.457 e. The van der Waals surface area contributed by atoms with Gasteiger partial charge in [-0.25, -0.2) is 0 Å². The third-order valence-corrected chi connectivity index (χ3v) is 11.7. The molecule has 11 rings (SSSR count). The Kier molecular flexibility index (Phi) is 7.75. The van der Waals surface area contributed by atoms with Crippen LogP contribution in [-0.4, -0.2) is 0 Å². The van der Waals surface area contributed by atoms with Crippen LogP contribution in [0.25, 0.3) is 44.5 Å². The Morgan fingerprint density at radius 3 is 1.07 bits per heavy atom. The first-order valence-electron chi connectivity index (χ1n) is 19.6. The van der Waals surface area contributed by atoms with Crippen molar-refractivity contribution in [3.05, 3.63) is 247 Å². The molecule has 268 valence electrons. The summed E-state index contributed by atoms with van der Waals surface area (Å²) < 4.78 is 6.79. The highest BCUT2D eigenvalue weighted by atomic mass is 16.5. The zero-order valence-corrected chi connectivity index (χ0v) is 31.2. The van der Waals surface area contributed by atoms with Crippen molar-refractivity contribution >= 4 is 17.1 Å². The van der Waals surface area contributed by atoms with E-state index in [1.807, 2.05) is 0 Å². The molecule has 9 aromatic carbocycles. The number of rotatable bonds is 5. The van der Waals surface area contributed by atoms with E-state index in [1.165, 1.54) is 55.6 Å². The monoisotopic (exact) mass is 727 g/mol. The van der Waals surface area contributed by atoms with Crippen molar-refractivity contribution in [2.75, 3.05) is 4.90 Å². The van der Waals surface area contributed by atoms with Crippen LogP contribution in [0.4, 0.5) is 17.1 Å². The van der Waals surface area contributed by atoms with Gasteiger partial charge in [0.05, 0.1) is 16.8 Å². The van der Waals surface area contributed by atoms with Crippen LogP contribution in [0.2, 0.25) is 0 Å². The van der Waals surface area contributed by atoms with Crippen LogP contribution in [0.5, 0.6) is 11.5 Å². The normalized spacial score (nSPS) is 13.2. The fourth-order valence-electron chi connectivity index (χ4n) is 9.15. The molecule has 0 bridgehead atoms. The van der Waals surface area contributed by atoms with E-state index in [9.17, 15) is 0 Å². The lowest BCUT2D eigenvalue weighted by atomic mass is 9.60. The molecule has 0 saturated heterocycles. The molecule has 0 aromatic heterocycles. The summed E-state index contributed by atoms with van der Waals surface area (Å²) in [7, 11) is 0. The maximum Gasteiger partial charge on any atom is 0.132 e. The number of anilines is 3. The lowest BCUT2D eigenvalue weighted by molar-refractivity contribution is 0.434. The average Bonchev–Trinajstić information content (AvgIpc) is 3.29. The maximum absolute atomic E-state index is 6.79. The lowest BCUT2D eigenvalue weighted by Gasteiger charge is -2.49. The van der Waals surface area contributed by atoms with Gasteiger partial charge in [0, 0.05) is 16.8 Å². The van der Waals surface area contributed by atoms with Gasteiger partial charge in [-0.2, -0.15) is 0 Å². The number of ether oxygens (including phenoxy) is 1. The van der Waals surface area contributed by atoms with Gasteiger partial charge in [-0.3, -0.25) is 0 Å². The van der Waals surface area contributed by atoms with Crippen LogP contribution in [0.15, 0.2) is 224 Å². The summed E-state index contributed by atoms with van der Waals surface area (Å²) in [6.07, 6.45) is 0. The third kappa shape index (κ3) is 5.33. The molecule has 2 aliphatic heterocycles. The molecule has 2 heterocycles. The highest BCUT2D eigenvalue weighted by molar-refractivity contribution is 5.95. The molecule has 0 fully saturated rings. The molecule has 0 N–H and O–H groups in total. The van der Waals surface area contributed by atoms with E-state index < -0.39 is 5.41 Å². The molecule has 57 heavy (non-hydrogen) atoms. The van der Waals surface area contributed by atoms with E-state index in [0.29, 0.717) is 0 Å². The van der Waals surface area contributed by atoms with Crippen molar-refractivity contribution in [1.82, 2.24) is 0 Å². The number of fused-ring (bicyclic) bond motifs is 8. The van der Waals surface area contributed by atoms with E-state index in [4.69, 9.17) is 4.74 Å². The van der Waals surface area contributed by atoms with Crippen LogP contribution in [0, 0.1) is 0 Å². The fraction of sp³-hybridized carbons (Fsp3) is 0.0182. The van der Waals surface area contributed by atoms with Gasteiger partial charge in [-0.15, -0.1) is 0 Å². The van der Waals surface area contributed by atoms with E-state index >= 15 is 0 Å². The molecule has 1 spiro atoms. The summed E-state index contributed by atoms with van der Waals surface area (Å²) in [5, 5.41) is 0. The zero-order valence-electron chi connectivity index (χ0n) is 31.2. The zero-order chi connectivity index (χ0) is 37.8. The number of hydrogen-bond donors (Lipinski definition) is 0. The Morgan fingerprint density at radius 1 is 0.281 bits per heavy atom. The van der Waals surface area contributed by atoms with Crippen molar-refractivity contribution in [1.29, 1.82) is 0 Å². The summed E-state index contributed by atoms with van der Waals surface area (Å²) in [5.74, 6) is 1.74. The smallest absolute Gasteiger partial charge is 0.132 e. The predicted octanol–water partition coefficient (Wildman–Crippen LogP) is 14.6. The highest BCUT2D eigenvalue weighted by Gasteiger charge is 2.51. The van der Waals surface area contributed by atoms with Gasteiger partial charge in [-0.1, -0.05) is 170 Å². The molecule has 0 saturated carbocycles. The Morgan fingerprint density at radius 2 is 0.649 bits per heavy atom. The molecule has 0 atom stereocenters. The Hall–Kier alpha value is -7.42. The summed E-state index contributed by atoms with van der Waals surface area (Å²) in [6, 6.07) is 81.4. The lowest BCUT2D eigenvalue weighted by Crippen LogP contribution is -2.39. The summed E-state index contributed by atoms with van der Waals surface area (Å²) in [4.78, 5) is 2.50. The van der Waals surface area contributed by atoms with Crippen molar-refractivity contribution in [3.8, 4) is 56.0 Å². The average molecular weight is 728 g/mol. The Balaban J connectivity index is 1.28. The predicted molar refractivity (Wildman–Crippen MR) is 235 cm³/mol. The maximum atomic E-state index is 6.79. The third-order valence-electron chi connectivity index (χ3n) is 11.7. The van der Waals surface area contributed by atoms with Gasteiger partial charge in [0.15, 0.2) is 0 Å². The molecular formula is C55H37NO. The van der Waals surface area contributed by atoms with Crippen LogP contribution in [0.3, 0.4) is 0 Å². The molecule has 0 radical (unpaired) electrons. The molecular weight excluding hydrogens is 691 g/mol. The highest BCUT2D eigenvalue weighted by Crippen LogP contribution is 2.63. The fourth-order valence-corrected chi connectivity index (χ4v) is 9.15. The van der Waals surface area contributed by atoms with Crippen molar-refractivity contribution < 1.29 is 4.74 Å². The van der Waals surface area contributed by atoms with E-state index in [1.54, 1.807) is 0 Å². The summed E-state index contributed by atoms with van der Waals surface area (Å²) in [6.45, 7) is 0. The van der Waals surface area contributed by atoms with Gasteiger partial charge in [-0.05, 0) is 110 Å². The molecule has 0 amide bonds. The molecule has 2 nitrogen and oxygen atoms in total. The Labute approximate surface area is 333 Å². The molecule has 2 aliphatic rings. The van der Waals surface area contributed by atoms with Crippen molar-refractivity contribution in [2.45, 2.75) is 5.41 Å². The molecule has 0 aliphatic carbocycles. The first-order chi connectivity index (χ1) is 28.3. The van der Waals surface area contributed by atoms with Crippen molar-refractivity contribution in [3.63, 3.8) is 0 Å². The molecule has 9 aromatic rings. The standard InChI is InChI=1S/C55H37NO/c1-5-17-38(18-6-1)42-29-31-51-49(36-42)55(47-25-13-15-27-53(47)57-54-28-16-14-26-48(54)55)50-37-43(39-19-7-2-8-20-39)30-32-52(50)56(51)46-34-44(40-21-9-3-10-22-40)33-45(35-46)41-23-11-4-12-24-41/h1-37H.